The molecule has 1 fully saturated rings. The monoisotopic (exact) mass is 559 g/mol. The van der Waals surface area contributed by atoms with Gasteiger partial charge in [0.25, 0.3) is 5.91 Å². The van der Waals surface area contributed by atoms with Crippen molar-refractivity contribution in [3.63, 3.8) is 0 Å². The highest BCUT2D eigenvalue weighted by Crippen LogP contribution is 2.55. The predicted octanol–water partition coefficient (Wildman–Crippen LogP) is 0.900. The van der Waals surface area contributed by atoms with Crippen molar-refractivity contribution < 1.29 is 44.3 Å². The first-order valence-corrected chi connectivity index (χ1v) is 13.0. The molecule has 1 aromatic carbocycles. The molecule has 40 heavy (non-hydrogen) atoms. The molecule has 218 valence electrons. The smallest absolute Gasteiger partial charge is 0.342 e. The Hall–Kier alpha value is -3.61. The molecule has 12 heteroatoms. The Balaban J connectivity index is 1.91. The van der Waals surface area contributed by atoms with Gasteiger partial charge in [-0.05, 0) is 57.3 Å². The average Bonchev–Trinajstić information content (AvgIpc) is 2.82. The van der Waals surface area contributed by atoms with E-state index in [1.165, 1.54) is 20.1 Å². The minimum absolute atomic E-state index is 0.0124. The Bertz CT molecular complexity index is 1330. The van der Waals surface area contributed by atoms with E-state index < -0.39 is 64.1 Å². The maximum atomic E-state index is 14.1. The number of amides is 1. The number of rotatable bonds is 7. The molecule has 1 amide bonds. The van der Waals surface area contributed by atoms with Gasteiger partial charge in [0.2, 0.25) is 0 Å². The Kier molecular flexibility index (Phi) is 7.65. The van der Waals surface area contributed by atoms with Crippen molar-refractivity contribution in [2.45, 2.75) is 31.4 Å². The molecule has 0 aromatic heterocycles. The highest BCUT2D eigenvalue weighted by atomic mass is 16.6. The van der Waals surface area contributed by atoms with Gasteiger partial charge >= 0.3 is 5.97 Å². The summed E-state index contributed by atoms with van der Waals surface area (Å²) >= 11 is 0. The number of carbonyl (C=O) groups is 3. The van der Waals surface area contributed by atoms with Crippen molar-refractivity contribution >= 4 is 29.1 Å². The number of phenols is 1. The molecule has 0 spiro atoms. The number of esters is 1. The first-order valence-electron chi connectivity index (χ1n) is 13.0. The van der Waals surface area contributed by atoms with Gasteiger partial charge in [0.05, 0.1) is 29.7 Å². The number of anilines is 1. The van der Waals surface area contributed by atoms with Crippen molar-refractivity contribution in [1.82, 2.24) is 4.90 Å². The van der Waals surface area contributed by atoms with Crippen LogP contribution >= 0.6 is 0 Å². The van der Waals surface area contributed by atoms with Crippen LogP contribution in [0.25, 0.3) is 5.76 Å². The molecule has 0 aliphatic heterocycles. The Morgan fingerprint density at radius 2 is 1.80 bits per heavy atom. The molecule has 4 rings (SSSR count). The van der Waals surface area contributed by atoms with E-state index in [-0.39, 0.29) is 48.5 Å². The SMILES string of the molecule is COCCOC(=O)c1cc(N(C)C)c2c(c1O)C(O)=C1C(=O)C3C(CC1C2)[C@H](N(C)C)C(O)=C(C(N)=O)C3(C)O. The number of methoxy groups -OCH3 is 1. The first-order chi connectivity index (χ1) is 18.7. The van der Waals surface area contributed by atoms with E-state index in [9.17, 15) is 34.8 Å². The Labute approximate surface area is 232 Å². The number of allylic oxidation sites excluding steroid dienone is 1. The summed E-state index contributed by atoms with van der Waals surface area (Å²) in [5.41, 5.74) is 3.80. The van der Waals surface area contributed by atoms with Crippen LogP contribution in [0.15, 0.2) is 23.0 Å². The lowest BCUT2D eigenvalue weighted by molar-refractivity contribution is -0.139. The third-order valence-corrected chi connectivity index (χ3v) is 8.35. The van der Waals surface area contributed by atoms with Gasteiger partial charge in [0, 0.05) is 32.5 Å². The molecule has 5 atom stereocenters. The van der Waals surface area contributed by atoms with Crippen LogP contribution in [-0.4, -0.2) is 103 Å². The summed E-state index contributed by atoms with van der Waals surface area (Å²) in [5, 5.41) is 45.3. The second-order valence-electron chi connectivity index (χ2n) is 11.3. The third kappa shape index (κ3) is 4.40. The molecule has 3 aliphatic carbocycles. The second kappa shape index (κ2) is 10.4. The summed E-state index contributed by atoms with van der Waals surface area (Å²) in [4.78, 5) is 42.7. The fourth-order valence-corrected chi connectivity index (χ4v) is 6.78. The lowest BCUT2D eigenvalue weighted by Gasteiger charge is -2.52. The van der Waals surface area contributed by atoms with Crippen LogP contribution in [0.5, 0.6) is 5.75 Å². The van der Waals surface area contributed by atoms with E-state index >= 15 is 0 Å². The second-order valence-corrected chi connectivity index (χ2v) is 11.3. The number of hydrogen-bond donors (Lipinski definition) is 5. The maximum Gasteiger partial charge on any atom is 0.342 e. The summed E-state index contributed by atoms with van der Waals surface area (Å²) in [7, 11) is 8.33. The summed E-state index contributed by atoms with van der Waals surface area (Å²) in [6, 6.07) is 0.698. The van der Waals surface area contributed by atoms with Crippen LogP contribution in [0, 0.1) is 17.8 Å². The standard InChI is InChI=1S/C28H37N3O9/c1-28(38)19-14(21(31(4)5)25(35)20(28)26(29)36)10-12-9-13-16(30(2)3)11-15(27(37)40-8-7-39-6)22(32)18(13)23(33)17(12)24(19)34/h11-12,14,19,21,32-33,35,38H,7-10H2,1-6H3,(H2,29,36)/t12?,14?,19?,21-,28?/m0/s1. The normalized spacial score (nSPS) is 27.8. The van der Waals surface area contributed by atoms with E-state index in [2.05, 4.69) is 0 Å². The number of phenolic OH excluding ortho intramolecular Hbond substituents is 1. The minimum Gasteiger partial charge on any atom is -0.510 e. The quantitative estimate of drug-likeness (QED) is 0.236. The van der Waals surface area contributed by atoms with E-state index in [1.54, 1.807) is 38.0 Å². The molecule has 0 saturated heterocycles. The van der Waals surface area contributed by atoms with Gasteiger partial charge in [-0.25, -0.2) is 4.79 Å². The number of aliphatic hydroxyl groups is 3. The summed E-state index contributed by atoms with van der Waals surface area (Å²) < 4.78 is 10.1. The van der Waals surface area contributed by atoms with Gasteiger partial charge in [-0.2, -0.15) is 0 Å². The highest BCUT2D eigenvalue weighted by Gasteiger charge is 2.60. The number of fused-ring (bicyclic) bond motifs is 3. The van der Waals surface area contributed by atoms with Gasteiger partial charge in [-0.3, -0.25) is 14.5 Å². The first kappa shape index (κ1) is 29.4. The number of nitrogens with zero attached hydrogens (tertiary/aromatic N) is 2. The summed E-state index contributed by atoms with van der Waals surface area (Å²) in [6.45, 7) is 1.36. The molecule has 6 N–H and O–H groups in total. The number of hydrogen-bond acceptors (Lipinski definition) is 11. The van der Waals surface area contributed by atoms with Crippen LogP contribution in [0.4, 0.5) is 5.69 Å². The van der Waals surface area contributed by atoms with Crippen LogP contribution < -0.4 is 10.6 Å². The number of ketones is 1. The van der Waals surface area contributed by atoms with E-state index in [0.29, 0.717) is 11.3 Å². The summed E-state index contributed by atoms with van der Waals surface area (Å²) in [6.07, 6.45) is 0.512. The lowest BCUT2D eigenvalue weighted by Crippen LogP contribution is -2.61. The minimum atomic E-state index is -2.12. The number of benzene rings is 1. The Morgan fingerprint density at radius 3 is 2.35 bits per heavy atom. The van der Waals surface area contributed by atoms with Gasteiger partial charge in [0.15, 0.2) is 5.78 Å². The topological polar surface area (TPSA) is 183 Å². The molecule has 12 nitrogen and oxygen atoms in total. The number of aromatic hydroxyl groups is 1. The fourth-order valence-electron chi connectivity index (χ4n) is 6.78. The zero-order valence-electron chi connectivity index (χ0n) is 23.5. The molecule has 3 aliphatic rings. The number of likely N-dealkylation sites (N-methyl/N-ethyl adjacent to an activating group) is 1. The van der Waals surface area contributed by atoms with Crippen molar-refractivity contribution in [3.05, 3.63) is 39.7 Å². The summed E-state index contributed by atoms with van der Waals surface area (Å²) in [5.74, 6) is -6.28. The van der Waals surface area contributed by atoms with Gasteiger partial charge < -0.3 is 40.5 Å². The molecule has 1 saturated carbocycles. The van der Waals surface area contributed by atoms with Crippen LogP contribution in [0.1, 0.15) is 34.8 Å². The average molecular weight is 560 g/mol. The number of ether oxygens (including phenoxy) is 2. The number of Topliss-reactive ketones (excluding diaryl/α,β-unsaturated/α-hetero) is 1. The fraction of sp³-hybridized carbons (Fsp3) is 0.536. The van der Waals surface area contributed by atoms with E-state index in [0.717, 1.165) is 0 Å². The van der Waals surface area contributed by atoms with Crippen molar-refractivity contribution in [2.75, 3.05) is 53.4 Å². The molecule has 0 bridgehead atoms. The van der Waals surface area contributed by atoms with Crippen LogP contribution in [0.2, 0.25) is 0 Å². The number of primary amides is 1. The van der Waals surface area contributed by atoms with Crippen LogP contribution in [0.3, 0.4) is 0 Å². The van der Waals surface area contributed by atoms with Gasteiger partial charge in [-0.1, -0.05) is 0 Å². The van der Waals surface area contributed by atoms with E-state index in [4.69, 9.17) is 15.2 Å². The molecule has 1 aromatic rings. The number of carbonyl (C=O) groups excluding carboxylic acids is 3. The van der Waals surface area contributed by atoms with Gasteiger partial charge in [0.1, 0.15) is 35.0 Å². The maximum absolute atomic E-state index is 14.1. The molecular weight excluding hydrogens is 522 g/mol. The number of nitrogens with two attached hydrogens (primary N) is 1. The highest BCUT2D eigenvalue weighted by molar-refractivity contribution is 6.09. The molecule has 0 radical (unpaired) electrons. The molecule has 0 heterocycles. The third-order valence-electron chi connectivity index (χ3n) is 8.35. The van der Waals surface area contributed by atoms with Crippen molar-refractivity contribution in [1.29, 1.82) is 0 Å². The van der Waals surface area contributed by atoms with Crippen LogP contribution in [-0.2, 0) is 25.5 Å². The number of aliphatic hydroxyl groups excluding tert-OH is 2. The predicted molar refractivity (Wildman–Crippen MR) is 145 cm³/mol. The van der Waals surface area contributed by atoms with Crippen molar-refractivity contribution in [2.24, 2.45) is 23.5 Å². The molecule has 4 unspecified atom stereocenters. The molecular formula is C28H37N3O9. The lowest BCUT2D eigenvalue weighted by atomic mass is 9.55. The van der Waals surface area contributed by atoms with Crippen molar-refractivity contribution in [3.8, 4) is 5.75 Å². The Morgan fingerprint density at radius 1 is 1.15 bits per heavy atom. The largest absolute Gasteiger partial charge is 0.510 e. The van der Waals surface area contributed by atoms with E-state index in [1.807, 2.05) is 0 Å². The van der Waals surface area contributed by atoms with Gasteiger partial charge in [-0.15, -0.1) is 0 Å². The zero-order chi connectivity index (χ0) is 29.8. The zero-order valence-corrected chi connectivity index (χ0v) is 23.5.